The predicted molar refractivity (Wildman–Crippen MR) is 55.5 cm³/mol. The second-order valence-corrected chi connectivity index (χ2v) is 3.90. The SMILES string of the molecule is C=CC(C)OC1CCCCC1CN. The highest BCUT2D eigenvalue weighted by Crippen LogP contribution is 2.26. The Kier molecular flexibility index (Phi) is 4.46. The first-order valence-electron chi connectivity index (χ1n) is 5.26. The maximum absolute atomic E-state index is 5.85. The van der Waals surface area contributed by atoms with Gasteiger partial charge in [0.25, 0.3) is 0 Å². The third-order valence-corrected chi connectivity index (χ3v) is 2.86. The van der Waals surface area contributed by atoms with E-state index >= 15 is 0 Å². The van der Waals surface area contributed by atoms with Crippen LogP contribution in [0.15, 0.2) is 12.7 Å². The highest BCUT2D eigenvalue weighted by atomic mass is 16.5. The van der Waals surface area contributed by atoms with Crippen molar-refractivity contribution in [2.45, 2.75) is 44.8 Å². The molecule has 1 aliphatic rings. The molecule has 13 heavy (non-hydrogen) atoms. The Labute approximate surface area is 81.1 Å². The molecular formula is C11H21NO. The summed E-state index contributed by atoms with van der Waals surface area (Å²) in [6.45, 7) is 6.52. The summed E-state index contributed by atoms with van der Waals surface area (Å²) in [4.78, 5) is 0. The Bertz CT molecular complexity index is 158. The van der Waals surface area contributed by atoms with Crippen LogP contribution in [0.2, 0.25) is 0 Å². The second kappa shape index (κ2) is 5.40. The monoisotopic (exact) mass is 183 g/mol. The van der Waals surface area contributed by atoms with Crippen LogP contribution in [0.25, 0.3) is 0 Å². The zero-order valence-electron chi connectivity index (χ0n) is 8.54. The largest absolute Gasteiger partial charge is 0.371 e. The van der Waals surface area contributed by atoms with E-state index in [1.54, 1.807) is 0 Å². The molecule has 1 saturated carbocycles. The molecule has 2 N–H and O–H groups in total. The van der Waals surface area contributed by atoms with Gasteiger partial charge in [-0.05, 0) is 32.2 Å². The molecule has 2 heteroatoms. The van der Waals surface area contributed by atoms with Crippen LogP contribution in [-0.2, 0) is 4.74 Å². The minimum atomic E-state index is 0.164. The van der Waals surface area contributed by atoms with Crippen molar-refractivity contribution in [3.63, 3.8) is 0 Å². The molecule has 0 aromatic carbocycles. The lowest BCUT2D eigenvalue weighted by atomic mass is 9.86. The zero-order valence-corrected chi connectivity index (χ0v) is 8.54. The summed E-state index contributed by atoms with van der Waals surface area (Å²) in [5.74, 6) is 0.566. The van der Waals surface area contributed by atoms with Gasteiger partial charge in [0.05, 0.1) is 12.2 Å². The molecular weight excluding hydrogens is 162 g/mol. The minimum absolute atomic E-state index is 0.164. The van der Waals surface area contributed by atoms with E-state index in [1.165, 1.54) is 25.7 Å². The van der Waals surface area contributed by atoms with Crippen LogP contribution in [-0.4, -0.2) is 18.8 Å². The number of nitrogens with two attached hydrogens (primary N) is 1. The fourth-order valence-electron chi connectivity index (χ4n) is 1.95. The van der Waals surface area contributed by atoms with Crippen LogP contribution in [0, 0.1) is 5.92 Å². The summed E-state index contributed by atoms with van der Waals surface area (Å²) in [5.41, 5.74) is 5.70. The molecule has 1 fully saturated rings. The summed E-state index contributed by atoms with van der Waals surface area (Å²) >= 11 is 0. The molecule has 76 valence electrons. The van der Waals surface area contributed by atoms with Gasteiger partial charge in [-0.1, -0.05) is 18.9 Å². The third-order valence-electron chi connectivity index (χ3n) is 2.86. The number of ether oxygens (including phenoxy) is 1. The average Bonchev–Trinajstić information content (AvgIpc) is 2.18. The van der Waals surface area contributed by atoms with Crippen molar-refractivity contribution < 1.29 is 4.74 Å². The van der Waals surface area contributed by atoms with Gasteiger partial charge in [-0.15, -0.1) is 6.58 Å². The maximum atomic E-state index is 5.85. The lowest BCUT2D eigenvalue weighted by Crippen LogP contribution is -2.34. The molecule has 0 bridgehead atoms. The molecule has 0 heterocycles. The Hall–Kier alpha value is -0.340. The van der Waals surface area contributed by atoms with Crippen molar-refractivity contribution in [1.82, 2.24) is 0 Å². The lowest BCUT2D eigenvalue weighted by Gasteiger charge is -2.32. The van der Waals surface area contributed by atoms with Crippen LogP contribution in [0.1, 0.15) is 32.6 Å². The van der Waals surface area contributed by atoms with Crippen LogP contribution in [0.3, 0.4) is 0 Å². The van der Waals surface area contributed by atoms with E-state index in [1.807, 2.05) is 13.0 Å². The third kappa shape index (κ3) is 3.12. The highest BCUT2D eigenvalue weighted by molar-refractivity contribution is 4.82. The van der Waals surface area contributed by atoms with E-state index in [0.29, 0.717) is 12.0 Å². The van der Waals surface area contributed by atoms with Crippen LogP contribution >= 0.6 is 0 Å². The molecule has 0 saturated heterocycles. The molecule has 0 amide bonds. The van der Waals surface area contributed by atoms with Gasteiger partial charge in [0.1, 0.15) is 0 Å². The second-order valence-electron chi connectivity index (χ2n) is 3.90. The van der Waals surface area contributed by atoms with E-state index < -0.39 is 0 Å². The number of hydrogen-bond acceptors (Lipinski definition) is 2. The molecule has 0 aliphatic heterocycles. The number of hydrogen-bond donors (Lipinski definition) is 1. The van der Waals surface area contributed by atoms with Gasteiger partial charge in [0.15, 0.2) is 0 Å². The minimum Gasteiger partial charge on any atom is -0.371 e. The first-order valence-corrected chi connectivity index (χ1v) is 5.26. The van der Waals surface area contributed by atoms with Gasteiger partial charge in [0.2, 0.25) is 0 Å². The normalized spacial score (nSPS) is 31.2. The summed E-state index contributed by atoms with van der Waals surface area (Å²) < 4.78 is 5.85. The maximum Gasteiger partial charge on any atom is 0.0728 e. The summed E-state index contributed by atoms with van der Waals surface area (Å²) in [7, 11) is 0. The molecule has 0 spiro atoms. The van der Waals surface area contributed by atoms with Gasteiger partial charge < -0.3 is 10.5 Å². The summed E-state index contributed by atoms with van der Waals surface area (Å²) in [6, 6.07) is 0. The molecule has 1 aliphatic carbocycles. The van der Waals surface area contributed by atoms with E-state index in [-0.39, 0.29) is 6.10 Å². The Morgan fingerprint density at radius 2 is 2.23 bits per heavy atom. The zero-order chi connectivity index (χ0) is 9.68. The van der Waals surface area contributed by atoms with Crippen LogP contribution in [0.4, 0.5) is 0 Å². The van der Waals surface area contributed by atoms with Gasteiger partial charge in [-0.3, -0.25) is 0 Å². The van der Waals surface area contributed by atoms with Gasteiger partial charge >= 0.3 is 0 Å². The predicted octanol–water partition coefficient (Wildman–Crippen LogP) is 2.10. The molecule has 0 radical (unpaired) electrons. The van der Waals surface area contributed by atoms with Crippen molar-refractivity contribution in [1.29, 1.82) is 0 Å². The van der Waals surface area contributed by atoms with Gasteiger partial charge in [-0.2, -0.15) is 0 Å². The van der Waals surface area contributed by atoms with Crippen LogP contribution < -0.4 is 5.73 Å². The average molecular weight is 183 g/mol. The molecule has 0 aromatic rings. The van der Waals surface area contributed by atoms with E-state index in [2.05, 4.69) is 6.58 Å². The molecule has 2 nitrogen and oxygen atoms in total. The van der Waals surface area contributed by atoms with Gasteiger partial charge in [0, 0.05) is 0 Å². The fraction of sp³-hybridized carbons (Fsp3) is 0.818. The van der Waals surface area contributed by atoms with E-state index in [9.17, 15) is 0 Å². The number of rotatable bonds is 4. The molecule has 3 unspecified atom stereocenters. The standard InChI is InChI=1S/C11H21NO/c1-3-9(2)13-11-7-5-4-6-10(11)8-12/h3,9-11H,1,4-8,12H2,2H3. The Morgan fingerprint density at radius 1 is 1.54 bits per heavy atom. The van der Waals surface area contributed by atoms with E-state index in [4.69, 9.17) is 10.5 Å². The Morgan fingerprint density at radius 3 is 2.85 bits per heavy atom. The topological polar surface area (TPSA) is 35.2 Å². The highest BCUT2D eigenvalue weighted by Gasteiger charge is 2.25. The molecule has 0 aromatic heterocycles. The van der Waals surface area contributed by atoms with Gasteiger partial charge in [-0.25, -0.2) is 0 Å². The fourth-order valence-corrected chi connectivity index (χ4v) is 1.95. The first kappa shape index (κ1) is 10.7. The van der Waals surface area contributed by atoms with Crippen molar-refractivity contribution in [2.75, 3.05) is 6.54 Å². The van der Waals surface area contributed by atoms with Crippen molar-refractivity contribution >= 4 is 0 Å². The van der Waals surface area contributed by atoms with Crippen LogP contribution in [0.5, 0.6) is 0 Å². The van der Waals surface area contributed by atoms with Crippen molar-refractivity contribution in [3.05, 3.63) is 12.7 Å². The van der Waals surface area contributed by atoms with E-state index in [0.717, 1.165) is 6.54 Å². The lowest BCUT2D eigenvalue weighted by molar-refractivity contribution is -0.0311. The quantitative estimate of drug-likeness (QED) is 0.677. The van der Waals surface area contributed by atoms with Crippen molar-refractivity contribution in [3.8, 4) is 0 Å². The summed E-state index contributed by atoms with van der Waals surface area (Å²) in [5, 5.41) is 0. The smallest absolute Gasteiger partial charge is 0.0728 e. The Balaban J connectivity index is 2.39. The molecule has 1 rings (SSSR count). The molecule has 3 atom stereocenters. The van der Waals surface area contributed by atoms with Crippen molar-refractivity contribution in [2.24, 2.45) is 11.7 Å². The summed E-state index contributed by atoms with van der Waals surface area (Å²) in [6.07, 6.45) is 7.37. The first-order chi connectivity index (χ1) is 6.27.